The summed E-state index contributed by atoms with van der Waals surface area (Å²) >= 11 is 1.63. The monoisotopic (exact) mass is 450 g/mol. The topological polar surface area (TPSA) is 51.5 Å². The molecule has 5 aromatic rings. The number of hydrogen-bond acceptors (Lipinski definition) is 5. The second kappa shape index (κ2) is 9.19. The van der Waals surface area contributed by atoms with Crippen LogP contribution in [0.1, 0.15) is 21.7 Å². The maximum Gasteiger partial charge on any atom is 0.236 e. The highest BCUT2D eigenvalue weighted by Gasteiger charge is 2.16. The van der Waals surface area contributed by atoms with Gasteiger partial charge in [0.05, 0.1) is 16.9 Å². The lowest BCUT2D eigenvalue weighted by molar-refractivity contribution is 0.414. The van der Waals surface area contributed by atoms with Gasteiger partial charge in [0.15, 0.2) is 0 Å². The summed E-state index contributed by atoms with van der Waals surface area (Å²) in [6.07, 6.45) is 2.01. The quantitative estimate of drug-likeness (QED) is 0.345. The van der Waals surface area contributed by atoms with Crippen LogP contribution < -0.4 is 10.1 Å². The van der Waals surface area contributed by atoms with Crippen LogP contribution in [0.3, 0.4) is 0 Å². The van der Waals surface area contributed by atoms with E-state index in [4.69, 9.17) is 9.72 Å². The van der Waals surface area contributed by atoms with Crippen molar-refractivity contribution in [2.24, 2.45) is 0 Å². The molecule has 3 heterocycles. The SMILES string of the molecule is COc1ccc(CNc2c(-c3ccc(C#Cc4ccccc4)s3)nc3nc(C)ccn23)cc1. The van der Waals surface area contributed by atoms with Gasteiger partial charge in [-0.15, -0.1) is 11.3 Å². The van der Waals surface area contributed by atoms with Crippen LogP contribution in [0.2, 0.25) is 0 Å². The molecule has 0 amide bonds. The second-order valence-corrected chi connectivity index (χ2v) is 8.61. The first-order chi connectivity index (χ1) is 16.2. The molecule has 3 aromatic heterocycles. The molecule has 0 aliphatic rings. The number of hydrogen-bond donors (Lipinski definition) is 1. The molecule has 0 spiro atoms. The minimum atomic E-state index is 0.657. The molecular weight excluding hydrogens is 428 g/mol. The average Bonchev–Trinajstić information content (AvgIpc) is 3.46. The normalized spacial score (nSPS) is 10.6. The van der Waals surface area contributed by atoms with E-state index in [0.29, 0.717) is 12.3 Å². The number of aryl methyl sites for hydroxylation is 1. The van der Waals surface area contributed by atoms with Crippen molar-refractivity contribution in [1.82, 2.24) is 14.4 Å². The number of fused-ring (bicyclic) bond motifs is 1. The fourth-order valence-electron chi connectivity index (χ4n) is 3.48. The molecule has 162 valence electrons. The van der Waals surface area contributed by atoms with Crippen LogP contribution in [-0.2, 0) is 6.54 Å². The summed E-state index contributed by atoms with van der Waals surface area (Å²) in [5, 5.41) is 3.57. The summed E-state index contributed by atoms with van der Waals surface area (Å²) in [4.78, 5) is 11.5. The molecule has 5 rings (SSSR count). The van der Waals surface area contributed by atoms with Crippen LogP contribution in [-0.4, -0.2) is 21.5 Å². The molecular formula is C27H22N4OS. The zero-order valence-corrected chi connectivity index (χ0v) is 19.2. The van der Waals surface area contributed by atoms with Gasteiger partial charge < -0.3 is 10.1 Å². The van der Waals surface area contributed by atoms with E-state index < -0.39 is 0 Å². The Labute approximate surface area is 196 Å². The maximum absolute atomic E-state index is 5.26. The Bertz CT molecular complexity index is 1460. The number of nitrogens with one attached hydrogen (secondary N) is 1. The number of nitrogens with zero attached hydrogens (tertiary/aromatic N) is 3. The van der Waals surface area contributed by atoms with Gasteiger partial charge in [0, 0.05) is 24.0 Å². The Kier molecular flexibility index (Phi) is 5.79. The van der Waals surface area contributed by atoms with Gasteiger partial charge in [-0.3, -0.25) is 4.40 Å². The van der Waals surface area contributed by atoms with E-state index in [1.807, 2.05) is 72.1 Å². The maximum atomic E-state index is 5.26. The highest BCUT2D eigenvalue weighted by Crippen LogP contribution is 2.33. The first-order valence-corrected chi connectivity index (χ1v) is 11.4. The first kappa shape index (κ1) is 20.8. The smallest absolute Gasteiger partial charge is 0.236 e. The van der Waals surface area contributed by atoms with Crippen LogP contribution in [0.5, 0.6) is 5.75 Å². The zero-order valence-electron chi connectivity index (χ0n) is 18.4. The molecule has 1 N–H and O–H groups in total. The van der Waals surface area contributed by atoms with Crippen molar-refractivity contribution < 1.29 is 4.74 Å². The Morgan fingerprint density at radius 2 is 1.76 bits per heavy atom. The summed E-state index contributed by atoms with van der Waals surface area (Å²) in [7, 11) is 1.67. The van der Waals surface area contributed by atoms with Crippen molar-refractivity contribution in [3.05, 3.63) is 101 Å². The van der Waals surface area contributed by atoms with Crippen molar-refractivity contribution in [1.29, 1.82) is 0 Å². The minimum Gasteiger partial charge on any atom is -0.497 e. The van der Waals surface area contributed by atoms with Crippen LogP contribution in [0, 0.1) is 18.8 Å². The van der Waals surface area contributed by atoms with E-state index in [2.05, 4.69) is 40.3 Å². The lowest BCUT2D eigenvalue weighted by atomic mass is 10.2. The largest absolute Gasteiger partial charge is 0.497 e. The van der Waals surface area contributed by atoms with Crippen molar-refractivity contribution in [3.8, 4) is 28.2 Å². The highest BCUT2D eigenvalue weighted by molar-refractivity contribution is 7.16. The van der Waals surface area contributed by atoms with Crippen molar-refractivity contribution in [2.75, 3.05) is 12.4 Å². The van der Waals surface area contributed by atoms with Crippen molar-refractivity contribution in [2.45, 2.75) is 13.5 Å². The predicted octanol–water partition coefficient (Wildman–Crippen LogP) is 5.79. The number of ether oxygens (including phenoxy) is 1. The minimum absolute atomic E-state index is 0.657. The average molecular weight is 451 g/mol. The zero-order chi connectivity index (χ0) is 22.6. The third-order valence-electron chi connectivity index (χ3n) is 5.20. The lowest BCUT2D eigenvalue weighted by Gasteiger charge is -2.09. The second-order valence-electron chi connectivity index (χ2n) is 7.53. The fraction of sp³-hybridized carbons (Fsp3) is 0.111. The van der Waals surface area contributed by atoms with Gasteiger partial charge in [0.1, 0.15) is 17.3 Å². The van der Waals surface area contributed by atoms with E-state index in [9.17, 15) is 0 Å². The predicted molar refractivity (Wildman–Crippen MR) is 134 cm³/mol. The Hall–Kier alpha value is -4.08. The van der Waals surface area contributed by atoms with Gasteiger partial charge in [0.2, 0.25) is 5.78 Å². The van der Waals surface area contributed by atoms with Gasteiger partial charge in [0.25, 0.3) is 0 Å². The van der Waals surface area contributed by atoms with Crippen LogP contribution >= 0.6 is 11.3 Å². The van der Waals surface area contributed by atoms with Crippen LogP contribution in [0.25, 0.3) is 16.3 Å². The third kappa shape index (κ3) is 4.59. The molecule has 0 atom stereocenters. The number of rotatable bonds is 5. The number of benzene rings is 2. The number of imidazole rings is 1. The number of anilines is 1. The van der Waals surface area contributed by atoms with Gasteiger partial charge >= 0.3 is 0 Å². The van der Waals surface area contributed by atoms with E-state index >= 15 is 0 Å². The van der Waals surface area contributed by atoms with Gasteiger partial charge in [-0.25, -0.2) is 9.97 Å². The molecule has 0 bridgehead atoms. The van der Waals surface area contributed by atoms with Gasteiger partial charge in [-0.2, -0.15) is 0 Å². The molecule has 0 radical (unpaired) electrons. The molecule has 0 unspecified atom stereocenters. The number of methoxy groups -OCH3 is 1. The molecule has 5 nitrogen and oxygen atoms in total. The number of thiophene rings is 1. The van der Waals surface area contributed by atoms with Gasteiger partial charge in [-0.1, -0.05) is 42.2 Å². The first-order valence-electron chi connectivity index (χ1n) is 10.6. The number of aromatic nitrogens is 3. The molecule has 0 saturated heterocycles. The molecule has 2 aromatic carbocycles. The highest BCUT2D eigenvalue weighted by atomic mass is 32.1. The van der Waals surface area contributed by atoms with Crippen molar-refractivity contribution >= 4 is 22.9 Å². The van der Waals surface area contributed by atoms with E-state index in [1.54, 1.807) is 18.4 Å². The molecule has 0 saturated carbocycles. The van der Waals surface area contributed by atoms with E-state index in [-0.39, 0.29) is 0 Å². The molecule has 6 heteroatoms. The fourth-order valence-corrected chi connectivity index (χ4v) is 4.33. The van der Waals surface area contributed by atoms with Crippen LogP contribution in [0.4, 0.5) is 5.82 Å². The lowest BCUT2D eigenvalue weighted by Crippen LogP contribution is -2.03. The van der Waals surface area contributed by atoms with Crippen LogP contribution in [0.15, 0.2) is 79.0 Å². The van der Waals surface area contributed by atoms with Crippen molar-refractivity contribution in [3.63, 3.8) is 0 Å². The summed E-state index contributed by atoms with van der Waals surface area (Å²) < 4.78 is 7.26. The Morgan fingerprint density at radius 1 is 0.939 bits per heavy atom. The van der Waals surface area contributed by atoms with E-state index in [0.717, 1.165) is 43.8 Å². The molecule has 0 fully saturated rings. The Morgan fingerprint density at radius 3 is 2.55 bits per heavy atom. The summed E-state index contributed by atoms with van der Waals surface area (Å²) in [6.45, 7) is 2.63. The summed E-state index contributed by atoms with van der Waals surface area (Å²) in [5.74, 6) is 8.93. The Balaban J connectivity index is 1.47. The van der Waals surface area contributed by atoms with Gasteiger partial charge in [-0.05, 0) is 55.0 Å². The molecule has 0 aliphatic heterocycles. The molecule has 0 aliphatic carbocycles. The standard InChI is InChI=1S/C27H22N4OS/c1-19-16-17-31-26(28-18-21-8-11-22(32-2)12-9-21)25(30-27(31)29-19)24-15-14-23(33-24)13-10-20-6-4-3-5-7-20/h3-9,11-12,14-17,28H,18H2,1-2H3. The molecule has 33 heavy (non-hydrogen) atoms. The third-order valence-corrected chi connectivity index (χ3v) is 6.20. The van der Waals surface area contributed by atoms with E-state index in [1.165, 1.54) is 0 Å². The summed E-state index contributed by atoms with van der Waals surface area (Å²) in [5.41, 5.74) is 3.96. The summed E-state index contributed by atoms with van der Waals surface area (Å²) in [6, 6.07) is 24.2.